The van der Waals surface area contributed by atoms with Crippen molar-refractivity contribution in [3.63, 3.8) is 0 Å². The van der Waals surface area contributed by atoms with Crippen LogP contribution in [0.25, 0.3) is 11.1 Å². The maximum Gasteiger partial charge on any atom is 0.166 e. The highest BCUT2D eigenvalue weighted by molar-refractivity contribution is 5.64. The second kappa shape index (κ2) is 6.57. The van der Waals surface area contributed by atoms with E-state index >= 15 is 0 Å². The van der Waals surface area contributed by atoms with Crippen LogP contribution in [0.5, 0.6) is 0 Å². The van der Waals surface area contributed by atoms with E-state index in [-0.39, 0.29) is 5.56 Å². The summed E-state index contributed by atoms with van der Waals surface area (Å²) in [4.78, 5) is 4.10. The molecule has 2 rings (SSSR count). The largest absolute Gasteiger partial charge is 0.313 e. The van der Waals surface area contributed by atoms with E-state index < -0.39 is 11.6 Å². The predicted molar refractivity (Wildman–Crippen MR) is 76.3 cm³/mol. The van der Waals surface area contributed by atoms with Crippen molar-refractivity contribution in [1.29, 1.82) is 0 Å². The van der Waals surface area contributed by atoms with Gasteiger partial charge in [0.05, 0.1) is 0 Å². The minimum Gasteiger partial charge on any atom is -0.313 e. The summed E-state index contributed by atoms with van der Waals surface area (Å²) in [5, 5.41) is 3.26. The average Bonchev–Trinajstić information content (AvgIpc) is 2.46. The zero-order chi connectivity index (χ0) is 14.5. The average molecular weight is 276 g/mol. The van der Waals surface area contributed by atoms with Crippen molar-refractivity contribution in [3.8, 4) is 11.1 Å². The number of hydrogen-bond donors (Lipinski definition) is 1. The SMILES string of the molecule is CCCNCc1cncc(-c2ccc(C)c(F)c2F)c1. The summed E-state index contributed by atoms with van der Waals surface area (Å²) >= 11 is 0. The van der Waals surface area contributed by atoms with Gasteiger partial charge in [-0.15, -0.1) is 0 Å². The van der Waals surface area contributed by atoms with E-state index in [4.69, 9.17) is 0 Å². The van der Waals surface area contributed by atoms with Crippen LogP contribution in [0.1, 0.15) is 24.5 Å². The van der Waals surface area contributed by atoms with Gasteiger partial charge in [0.15, 0.2) is 11.6 Å². The Morgan fingerprint density at radius 3 is 2.70 bits per heavy atom. The molecule has 20 heavy (non-hydrogen) atoms. The quantitative estimate of drug-likeness (QED) is 0.839. The highest BCUT2D eigenvalue weighted by Gasteiger charge is 2.13. The molecule has 0 atom stereocenters. The van der Waals surface area contributed by atoms with Crippen LogP contribution in [0.4, 0.5) is 8.78 Å². The first-order valence-electron chi connectivity index (χ1n) is 6.73. The normalized spacial score (nSPS) is 10.8. The molecule has 4 heteroatoms. The van der Waals surface area contributed by atoms with Crippen molar-refractivity contribution in [2.24, 2.45) is 0 Å². The van der Waals surface area contributed by atoms with Gasteiger partial charge in [0, 0.05) is 30.1 Å². The Kier molecular flexibility index (Phi) is 4.79. The third-order valence-electron chi connectivity index (χ3n) is 3.14. The lowest BCUT2D eigenvalue weighted by atomic mass is 10.0. The van der Waals surface area contributed by atoms with Gasteiger partial charge >= 0.3 is 0 Å². The Bertz CT molecular complexity index is 597. The van der Waals surface area contributed by atoms with Gasteiger partial charge < -0.3 is 5.32 Å². The van der Waals surface area contributed by atoms with Gasteiger partial charge in [-0.1, -0.05) is 19.1 Å². The molecule has 106 valence electrons. The highest BCUT2D eigenvalue weighted by Crippen LogP contribution is 2.26. The maximum atomic E-state index is 14.0. The van der Waals surface area contributed by atoms with Gasteiger partial charge in [0.2, 0.25) is 0 Å². The Balaban J connectivity index is 2.29. The molecule has 1 N–H and O–H groups in total. The molecule has 0 saturated heterocycles. The van der Waals surface area contributed by atoms with E-state index in [0.29, 0.717) is 17.7 Å². The van der Waals surface area contributed by atoms with Crippen LogP contribution < -0.4 is 5.32 Å². The summed E-state index contributed by atoms with van der Waals surface area (Å²) in [5.74, 6) is -1.61. The van der Waals surface area contributed by atoms with Gasteiger partial charge in [-0.05, 0) is 37.1 Å². The van der Waals surface area contributed by atoms with Crippen molar-refractivity contribution < 1.29 is 8.78 Å². The van der Waals surface area contributed by atoms with Crippen molar-refractivity contribution in [2.45, 2.75) is 26.8 Å². The zero-order valence-electron chi connectivity index (χ0n) is 11.7. The Morgan fingerprint density at radius 1 is 1.15 bits per heavy atom. The molecule has 0 radical (unpaired) electrons. The topological polar surface area (TPSA) is 24.9 Å². The molecule has 0 bridgehead atoms. The van der Waals surface area contributed by atoms with E-state index in [1.54, 1.807) is 31.5 Å². The molecule has 1 aromatic heterocycles. The van der Waals surface area contributed by atoms with E-state index in [2.05, 4.69) is 17.2 Å². The van der Waals surface area contributed by atoms with Gasteiger partial charge in [-0.3, -0.25) is 4.98 Å². The maximum absolute atomic E-state index is 14.0. The van der Waals surface area contributed by atoms with E-state index in [9.17, 15) is 8.78 Å². The molecular weight excluding hydrogens is 258 g/mol. The first-order chi connectivity index (χ1) is 9.63. The van der Waals surface area contributed by atoms with Gasteiger partial charge in [0.25, 0.3) is 0 Å². The molecule has 0 aliphatic rings. The fourth-order valence-electron chi connectivity index (χ4n) is 2.01. The number of pyridine rings is 1. The number of rotatable bonds is 5. The summed E-state index contributed by atoms with van der Waals surface area (Å²) < 4.78 is 27.6. The van der Waals surface area contributed by atoms with Crippen molar-refractivity contribution in [1.82, 2.24) is 10.3 Å². The number of aryl methyl sites for hydroxylation is 1. The summed E-state index contributed by atoms with van der Waals surface area (Å²) in [6, 6.07) is 5.01. The van der Waals surface area contributed by atoms with Crippen LogP contribution in [-0.4, -0.2) is 11.5 Å². The van der Waals surface area contributed by atoms with Crippen LogP contribution in [0.3, 0.4) is 0 Å². The van der Waals surface area contributed by atoms with Crippen molar-refractivity contribution in [3.05, 3.63) is 53.4 Å². The fourth-order valence-corrected chi connectivity index (χ4v) is 2.01. The Hall–Kier alpha value is -1.81. The first-order valence-corrected chi connectivity index (χ1v) is 6.73. The van der Waals surface area contributed by atoms with Gasteiger partial charge in [-0.25, -0.2) is 8.78 Å². The molecule has 2 nitrogen and oxygen atoms in total. The number of benzene rings is 1. The summed E-state index contributed by atoms with van der Waals surface area (Å²) in [6.45, 7) is 5.22. The highest BCUT2D eigenvalue weighted by atomic mass is 19.2. The molecule has 1 heterocycles. The third-order valence-corrected chi connectivity index (χ3v) is 3.14. The molecule has 0 aliphatic carbocycles. The summed E-state index contributed by atoms with van der Waals surface area (Å²) in [6.07, 6.45) is 4.33. The second-order valence-corrected chi connectivity index (χ2v) is 4.82. The summed E-state index contributed by atoms with van der Waals surface area (Å²) in [5.41, 5.74) is 2.10. The lowest BCUT2D eigenvalue weighted by Gasteiger charge is -2.08. The lowest BCUT2D eigenvalue weighted by Crippen LogP contribution is -2.13. The number of nitrogens with zero attached hydrogens (tertiary/aromatic N) is 1. The number of halogens is 2. The predicted octanol–water partition coefficient (Wildman–Crippen LogP) is 3.83. The second-order valence-electron chi connectivity index (χ2n) is 4.82. The van der Waals surface area contributed by atoms with Crippen LogP contribution >= 0.6 is 0 Å². The number of hydrogen-bond acceptors (Lipinski definition) is 2. The molecule has 0 saturated carbocycles. The van der Waals surface area contributed by atoms with E-state index in [1.165, 1.54) is 0 Å². The van der Waals surface area contributed by atoms with Crippen LogP contribution in [0.15, 0.2) is 30.6 Å². The smallest absolute Gasteiger partial charge is 0.166 e. The first kappa shape index (κ1) is 14.6. The molecule has 2 aromatic rings. The standard InChI is InChI=1S/C16H18F2N2/c1-3-6-19-8-12-7-13(10-20-9-12)14-5-4-11(2)15(17)16(14)18/h4-5,7,9-10,19H,3,6,8H2,1-2H3. The van der Waals surface area contributed by atoms with Gasteiger partial charge in [0.1, 0.15) is 0 Å². The zero-order valence-corrected chi connectivity index (χ0v) is 11.7. The van der Waals surface area contributed by atoms with E-state index in [0.717, 1.165) is 18.5 Å². The fraction of sp³-hybridized carbons (Fsp3) is 0.312. The molecule has 0 amide bonds. The van der Waals surface area contributed by atoms with Crippen LogP contribution in [0, 0.1) is 18.6 Å². The third kappa shape index (κ3) is 3.20. The molecule has 0 unspecified atom stereocenters. The van der Waals surface area contributed by atoms with E-state index in [1.807, 2.05) is 6.07 Å². The lowest BCUT2D eigenvalue weighted by molar-refractivity contribution is 0.505. The number of aromatic nitrogens is 1. The summed E-state index contributed by atoms with van der Waals surface area (Å²) in [7, 11) is 0. The Morgan fingerprint density at radius 2 is 1.95 bits per heavy atom. The molecule has 0 aliphatic heterocycles. The Labute approximate surface area is 117 Å². The number of nitrogens with one attached hydrogen (secondary N) is 1. The monoisotopic (exact) mass is 276 g/mol. The minimum atomic E-state index is -0.814. The van der Waals surface area contributed by atoms with Crippen molar-refractivity contribution >= 4 is 0 Å². The van der Waals surface area contributed by atoms with Crippen LogP contribution in [-0.2, 0) is 6.54 Å². The molecule has 1 aromatic carbocycles. The molecule has 0 fully saturated rings. The molecule has 0 spiro atoms. The minimum absolute atomic E-state index is 0.248. The molecular formula is C16H18F2N2. The van der Waals surface area contributed by atoms with Gasteiger partial charge in [-0.2, -0.15) is 0 Å². The van der Waals surface area contributed by atoms with Crippen molar-refractivity contribution in [2.75, 3.05) is 6.54 Å². The van der Waals surface area contributed by atoms with Crippen LogP contribution in [0.2, 0.25) is 0 Å².